The number of carboxylic acids is 1. The highest BCUT2D eigenvalue weighted by atomic mass is 16.4. The second-order valence-corrected chi connectivity index (χ2v) is 9.78. The average molecular weight is 548 g/mol. The van der Waals surface area contributed by atoms with Crippen LogP contribution in [-0.2, 0) is 6.54 Å². The van der Waals surface area contributed by atoms with E-state index in [1.54, 1.807) is 53.4 Å². The molecule has 206 valence electrons. The molecule has 3 aromatic heterocycles. The summed E-state index contributed by atoms with van der Waals surface area (Å²) in [5.74, 6) is -0.294. The van der Waals surface area contributed by atoms with Gasteiger partial charge in [-0.25, -0.2) is 9.78 Å². The summed E-state index contributed by atoms with van der Waals surface area (Å²) in [6.07, 6.45) is 5.35. The van der Waals surface area contributed by atoms with E-state index in [4.69, 9.17) is 15.8 Å². The lowest BCUT2D eigenvalue weighted by molar-refractivity contribution is 0.0697. The number of aromatic carboxylic acids is 1. The number of carbonyl (C=O) groups is 1. The Morgan fingerprint density at radius 1 is 1.12 bits per heavy atom. The molecule has 0 aliphatic carbocycles. The van der Waals surface area contributed by atoms with E-state index >= 15 is 0 Å². The lowest BCUT2D eigenvalue weighted by Gasteiger charge is -2.33. The fraction of sp³-hybridized carbons (Fsp3) is 0.194. The topological polar surface area (TPSA) is 154 Å². The van der Waals surface area contributed by atoms with Gasteiger partial charge in [-0.3, -0.25) is 14.3 Å². The van der Waals surface area contributed by atoms with Crippen LogP contribution in [0.2, 0.25) is 0 Å². The number of H-pyrrole nitrogens is 1. The number of rotatable bonds is 5. The van der Waals surface area contributed by atoms with Crippen LogP contribution in [0.5, 0.6) is 0 Å². The summed E-state index contributed by atoms with van der Waals surface area (Å²) in [7, 11) is 0. The minimum Gasteiger partial charge on any atom is -0.478 e. The zero-order chi connectivity index (χ0) is 28.8. The van der Waals surface area contributed by atoms with Gasteiger partial charge in [0.25, 0.3) is 5.56 Å². The number of piperidine rings is 1. The van der Waals surface area contributed by atoms with Crippen LogP contribution in [0, 0.1) is 11.3 Å². The first-order chi connectivity index (χ1) is 19.9. The third kappa shape index (κ3) is 6.16. The van der Waals surface area contributed by atoms with Crippen molar-refractivity contribution in [1.29, 1.82) is 5.26 Å². The minimum absolute atomic E-state index is 0.0355. The number of nitrogens with two attached hydrogens (primary N) is 1. The van der Waals surface area contributed by atoms with E-state index in [1.165, 1.54) is 0 Å². The van der Waals surface area contributed by atoms with Crippen molar-refractivity contribution in [2.45, 2.75) is 25.4 Å². The Morgan fingerprint density at radius 2 is 1.90 bits per heavy atom. The van der Waals surface area contributed by atoms with Gasteiger partial charge in [0.1, 0.15) is 5.52 Å². The van der Waals surface area contributed by atoms with Gasteiger partial charge in [-0.05, 0) is 54.8 Å². The van der Waals surface area contributed by atoms with E-state index in [1.807, 2.05) is 36.4 Å². The van der Waals surface area contributed by atoms with Crippen LogP contribution in [0.4, 0.5) is 5.95 Å². The molecule has 1 atom stereocenters. The van der Waals surface area contributed by atoms with E-state index in [2.05, 4.69) is 20.9 Å². The molecule has 4 heterocycles. The van der Waals surface area contributed by atoms with Crippen molar-refractivity contribution in [2.75, 3.05) is 18.0 Å². The van der Waals surface area contributed by atoms with Crippen molar-refractivity contribution in [1.82, 2.24) is 19.5 Å². The van der Waals surface area contributed by atoms with E-state index in [0.717, 1.165) is 36.2 Å². The molecule has 1 fully saturated rings. The van der Waals surface area contributed by atoms with Crippen molar-refractivity contribution >= 4 is 23.0 Å². The number of anilines is 1. The van der Waals surface area contributed by atoms with Gasteiger partial charge in [-0.15, -0.1) is 0 Å². The first-order valence-corrected chi connectivity index (χ1v) is 13.3. The SMILES string of the molecule is N#Cc1ccccc1Cn1c(N2CCC[C@@H](N)C2)nc2cc(-c3cccnc3)[nH]c2c1=O.O=C(O)c1ccccc1. The molecule has 1 saturated heterocycles. The Bertz CT molecular complexity index is 1760. The highest BCUT2D eigenvalue weighted by molar-refractivity contribution is 5.87. The Labute approximate surface area is 236 Å². The van der Waals surface area contributed by atoms with E-state index in [9.17, 15) is 14.9 Å². The van der Waals surface area contributed by atoms with Crippen LogP contribution in [-0.4, -0.2) is 49.7 Å². The molecule has 1 aliphatic heterocycles. The highest BCUT2D eigenvalue weighted by Crippen LogP contribution is 2.25. The van der Waals surface area contributed by atoms with Crippen molar-refractivity contribution in [3.05, 3.63) is 112 Å². The first kappa shape index (κ1) is 27.3. The summed E-state index contributed by atoms with van der Waals surface area (Å²) < 4.78 is 1.65. The second-order valence-electron chi connectivity index (χ2n) is 9.78. The van der Waals surface area contributed by atoms with Crippen molar-refractivity contribution in [2.24, 2.45) is 5.73 Å². The zero-order valence-electron chi connectivity index (χ0n) is 22.3. The maximum Gasteiger partial charge on any atom is 0.335 e. The van der Waals surface area contributed by atoms with Gasteiger partial charge >= 0.3 is 5.97 Å². The number of aromatic nitrogens is 4. The summed E-state index contributed by atoms with van der Waals surface area (Å²) in [6.45, 7) is 1.68. The standard InChI is InChI=1S/C24H23N7O.C7H6O2/c25-12-16-5-1-2-6-18(16)14-31-23(32)22-21(11-20(28-22)17-7-3-9-27-13-17)29-24(31)30-10-4-8-19(26)15-30;8-7(9)6-4-2-1-3-5-6/h1-3,5-7,9,11,13,19,28H,4,8,10,14-15,26H2;1-5H,(H,8,9)/t19-;/m1./s1. The number of carboxylic acid groups (broad SMARTS) is 1. The molecule has 0 unspecified atom stereocenters. The number of fused-ring (bicyclic) bond motifs is 1. The Balaban J connectivity index is 0.000000321. The van der Waals surface area contributed by atoms with Gasteiger partial charge in [-0.1, -0.05) is 36.4 Å². The Kier molecular flexibility index (Phi) is 8.18. The summed E-state index contributed by atoms with van der Waals surface area (Å²) in [6, 6.07) is 23.6. The molecule has 0 saturated carbocycles. The molecule has 10 nitrogen and oxygen atoms in total. The molecular formula is C31H29N7O3. The number of nitrogens with zero attached hydrogens (tertiary/aromatic N) is 5. The lowest BCUT2D eigenvalue weighted by atomic mass is 10.1. The molecule has 5 aromatic rings. The van der Waals surface area contributed by atoms with Gasteiger partial charge in [0.15, 0.2) is 0 Å². The van der Waals surface area contributed by atoms with Gasteiger partial charge in [0.2, 0.25) is 5.95 Å². The Hall–Kier alpha value is -5.27. The number of nitrogens with one attached hydrogen (secondary N) is 1. The van der Waals surface area contributed by atoms with Crippen LogP contribution in [0.1, 0.15) is 34.3 Å². The molecule has 0 spiro atoms. The molecule has 1 aliphatic rings. The zero-order valence-corrected chi connectivity index (χ0v) is 22.3. The molecule has 4 N–H and O–H groups in total. The maximum absolute atomic E-state index is 13.7. The van der Waals surface area contributed by atoms with E-state index < -0.39 is 5.97 Å². The minimum atomic E-state index is -0.879. The van der Waals surface area contributed by atoms with E-state index in [0.29, 0.717) is 34.7 Å². The summed E-state index contributed by atoms with van der Waals surface area (Å²) in [5, 5.41) is 17.9. The fourth-order valence-corrected chi connectivity index (χ4v) is 4.86. The molecule has 6 rings (SSSR count). The summed E-state index contributed by atoms with van der Waals surface area (Å²) >= 11 is 0. The molecule has 10 heteroatoms. The monoisotopic (exact) mass is 547 g/mol. The summed E-state index contributed by atoms with van der Waals surface area (Å²) in [5.41, 5.74) is 10.4. The van der Waals surface area contributed by atoms with Crippen molar-refractivity contribution < 1.29 is 9.90 Å². The van der Waals surface area contributed by atoms with Crippen LogP contribution in [0.25, 0.3) is 22.3 Å². The van der Waals surface area contributed by atoms with Crippen LogP contribution < -0.4 is 16.2 Å². The third-order valence-electron chi connectivity index (χ3n) is 6.92. The number of hydrogen-bond acceptors (Lipinski definition) is 7. The smallest absolute Gasteiger partial charge is 0.335 e. The number of hydrogen-bond donors (Lipinski definition) is 3. The van der Waals surface area contributed by atoms with Gasteiger partial charge in [0.05, 0.1) is 29.3 Å². The molecule has 41 heavy (non-hydrogen) atoms. The van der Waals surface area contributed by atoms with Gasteiger partial charge in [-0.2, -0.15) is 5.26 Å². The van der Waals surface area contributed by atoms with Gasteiger partial charge in [0, 0.05) is 42.8 Å². The number of pyridine rings is 1. The molecule has 2 aromatic carbocycles. The van der Waals surface area contributed by atoms with Crippen LogP contribution >= 0.6 is 0 Å². The lowest BCUT2D eigenvalue weighted by Crippen LogP contribution is -2.45. The summed E-state index contributed by atoms with van der Waals surface area (Å²) in [4.78, 5) is 38.2. The average Bonchev–Trinajstić information content (AvgIpc) is 3.45. The second kappa shape index (κ2) is 12.3. The Morgan fingerprint density at radius 3 is 2.59 bits per heavy atom. The van der Waals surface area contributed by atoms with Crippen LogP contribution in [0.15, 0.2) is 90.0 Å². The van der Waals surface area contributed by atoms with E-state index in [-0.39, 0.29) is 18.1 Å². The molecule has 0 bridgehead atoms. The third-order valence-corrected chi connectivity index (χ3v) is 6.92. The molecular weight excluding hydrogens is 518 g/mol. The van der Waals surface area contributed by atoms with Crippen LogP contribution in [0.3, 0.4) is 0 Å². The largest absolute Gasteiger partial charge is 0.478 e. The van der Waals surface area contributed by atoms with Crippen molar-refractivity contribution in [3.63, 3.8) is 0 Å². The highest BCUT2D eigenvalue weighted by Gasteiger charge is 2.24. The maximum atomic E-state index is 13.7. The number of nitriles is 1. The molecule has 0 amide bonds. The quantitative estimate of drug-likeness (QED) is 0.298. The van der Waals surface area contributed by atoms with Gasteiger partial charge < -0.3 is 20.7 Å². The fourth-order valence-electron chi connectivity index (χ4n) is 4.86. The normalized spacial score (nSPS) is 14.6. The number of aromatic amines is 1. The predicted molar refractivity (Wildman–Crippen MR) is 157 cm³/mol. The number of benzene rings is 2. The first-order valence-electron chi connectivity index (χ1n) is 13.3. The molecule has 0 radical (unpaired) electrons. The predicted octanol–water partition coefficient (Wildman–Crippen LogP) is 4.02. The van der Waals surface area contributed by atoms with Crippen molar-refractivity contribution in [3.8, 4) is 17.3 Å².